The van der Waals surface area contributed by atoms with E-state index in [1.165, 1.54) is 18.2 Å². The number of imide groups is 2. The number of carboxylic acids is 1. The van der Waals surface area contributed by atoms with E-state index >= 15 is 0 Å². The Balaban J connectivity index is 1.71. The minimum atomic E-state index is -1.04. The van der Waals surface area contributed by atoms with Crippen molar-refractivity contribution in [1.82, 2.24) is 9.88 Å². The number of benzene rings is 2. The van der Waals surface area contributed by atoms with Gasteiger partial charge in [0.1, 0.15) is 5.57 Å². The van der Waals surface area contributed by atoms with E-state index in [4.69, 9.17) is 5.11 Å². The summed E-state index contributed by atoms with van der Waals surface area (Å²) in [5.41, 5.74) is 2.43. The van der Waals surface area contributed by atoms with Gasteiger partial charge in [-0.05, 0) is 61.5 Å². The number of hydrogen-bond acceptors (Lipinski definition) is 4. The minimum Gasteiger partial charge on any atom is -0.478 e. The van der Waals surface area contributed by atoms with Crippen LogP contribution in [0.4, 0.5) is 10.5 Å². The van der Waals surface area contributed by atoms with Crippen molar-refractivity contribution in [3.8, 4) is 5.69 Å². The van der Waals surface area contributed by atoms with Crippen LogP contribution in [0.5, 0.6) is 0 Å². The van der Waals surface area contributed by atoms with Crippen LogP contribution in [0.2, 0.25) is 0 Å². The van der Waals surface area contributed by atoms with E-state index in [2.05, 4.69) is 5.32 Å². The summed E-state index contributed by atoms with van der Waals surface area (Å²) >= 11 is 0. The Hall–Kier alpha value is -4.46. The molecule has 31 heavy (non-hydrogen) atoms. The number of hydrogen-bond donors (Lipinski definition) is 2. The highest BCUT2D eigenvalue weighted by molar-refractivity contribution is 6.39. The maximum Gasteiger partial charge on any atom is 0.335 e. The van der Waals surface area contributed by atoms with Gasteiger partial charge in [0.25, 0.3) is 11.8 Å². The molecule has 2 aromatic carbocycles. The number of nitrogens with zero attached hydrogens (tertiary/aromatic N) is 2. The first-order valence-electron chi connectivity index (χ1n) is 9.34. The van der Waals surface area contributed by atoms with Crippen LogP contribution in [0.25, 0.3) is 11.8 Å². The molecule has 1 saturated heterocycles. The predicted molar refractivity (Wildman–Crippen MR) is 113 cm³/mol. The second-order valence-corrected chi connectivity index (χ2v) is 6.95. The fourth-order valence-corrected chi connectivity index (χ4v) is 3.25. The molecule has 3 aromatic rings. The Kier molecular flexibility index (Phi) is 4.96. The number of amides is 4. The summed E-state index contributed by atoms with van der Waals surface area (Å²) in [6.45, 7) is 1.88. The highest BCUT2D eigenvalue weighted by Gasteiger charge is 2.36. The summed E-state index contributed by atoms with van der Waals surface area (Å²) in [5, 5.41) is 11.3. The van der Waals surface area contributed by atoms with Gasteiger partial charge in [0.2, 0.25) is 0 Å². The lowest BCUT2D eigenvalue weighted by Gasteiger charge is -2.26. The normalized spacial score (nSPS) is 15.3. The van der Waals surface area contributed by atoms with Gasteiger partial charge in [0.05, 0.1) is 11.3 Å². The molecule has 154 valence electrons. The number of carbonyl (C=O) groups is 4. The second kappa shape index (κ2) is 7.75. The van der Waals surface area contributed by atoms with Crippen LogP contribution in [-0.2, 0) is 9.59 Å². The van der Waals surface area contributed by atoms with Gasteiger partial charge in [0.15, 0.2) is 0 Å². The van der Waals surface area contributed by atoms with Gasteiger partial charge in [-0.25, -0.2) is 14.5 Å². The number of urea groups is 1. The fourth-order valence-electron chi connectivity index (χ4n) is 3.25. The zero-order valence-electron chi connectivity index (χ0n) is 16.4. The number of aryl methyl sites for hydroxylation is 1. The van der Waals surface area contributed by atoms with Crippen LogP contribution in [0, 0.1) is 6.92 Å². The molecular weight excluding hydrogens is 398 g/mol. The number of carbonyl (C=O) groups excluding carboxylic acids is 3. The third-order valence-corrected chi connectivity index (χ3v) is 4.86. The second-order valence-electron chi connectivity index (χ2n) is 6.95. The lowest BCUT2D eigenvalue weighted by molar-refractivity contribution is -0.122. The van der Waals surface area contributed by atoms with Crippen molar-refractivity contribution in [2.75, 3.05) is 4.90 Å². The maximum atomic E-state index is 13.0. The quantitative estimate of drug-likeness (QED) is 0.503. The molecule has 1 aromatic heterocycles. The lowest BCUT2D eigenvalue weighted by Crippen LogP contribution is -2.54. The molecule has 0 bridgehead atoms. The Labute approximate surface area is 177 Å². The van der Waals surface area contributed by atoms with Crippen LogP contribution < -0.4 is 10.2 Å². The third-order valence-electron chi connectivity index (χ3n) is 4.86. The molecule has 8 nitrogen and oxygen atoms in total. The number of barbiturate groups is 1. The number of nitrogens with one attached hydrogen (secondary N) is 1. The number of aromatic carboxylic acids is 1. The van der Waals surface area contributed by atoms with Crippen LogP contribution in [0.3, 0.4) is 0 Å². The SMILES string of the molecule is Cc1ccc(N2C(=O)NC(=O)/C(=C\c3cccn3-c3ccc(C(=O)O)cc3)C2=O)cc1. The molecule has 8 heteroatoms. The van der Waals surface area contributed by atoms with Gasteiger partial charge < -0.3 is 9.67 Å². The van der Waals surface area contributed by atoms with Gasteiger partial charge in [-0.3, -0.25) is 14.9 Å². The van der Waals surface area contributed by atoms with E-state index in [1.807, 2.05) is 6.92 Å². The van der Waals surface area contributed by atoms with Crippen molar-refractivity contribution >= 4 is 35.6 Å². The smallest absolute Gasteiger partial charge is 0.335 e. The molecule has 4 rings (SSSR count). The molecule has 1 aliphatic rings. The van der Waals surface area contributed by atoms with E-state index in [9.17, 15) is 19.2 Å². The van der Waals surface area contributed by atoms with Gasteiger partial charge in [-0.15, -0.1) is 0 Å². The first kappa shape index (κ1) is 19.8. The monoisotopic (exact) mass is 415 g/mol. The number of rotatable bonds is 4. The van der Waals surface area contributed by atoms with Crippen molar-refractivity contribution in [3.63, 3.8) is 0 Å². The molecule has 0 atom stereocenters. The summed E-state index contributed by atoms with van der Waals surface area (Å²) in [5.74, 6) is -2.55. The van der Waals surface area contributed by atoms with Crippen LogP contribution >= 0.6 is 0 Å². The van der Waals surface area contributed by atoms with E-state index in [0.29, 0.717) is 17.1 Å². The average molecular weight is 415 g/mol. The number of carboxylic acid groups (broad SMARTS) is 1. The highest BCUT2D eigenvalue weighted by Crippen LogP contribution is 2.23. The average Bonchev–Trinajstić information content (AvgIpc) is 3.20. The van der Waals surface area contributed by atoms with Crippen molar-refractivity contribution in [2.24, 2.45) is 0 Å². The summed E-state index contributed by atoms with van der Waals surface area (Å²) < 4.78 is 1.70. The van der Waals surface area contributed by atoms with Crippen LogP contribution in [0.1, 0.15) is 21.6 Å². The standard InChI is InChI=1S/C23H17N3O5/c1-14-4-8-17(9-5-14)26-21(28)19(20(27)24-23(26)31)13-18-3-2-12-25(18)16-10-6-15(7-11-16)22(29)30/h2-13H,1H3,(H,29,30)(H,24,27,31)/b19-13+. The molecule has 2 N–H and O–H groups in total. The van der Waals surface area contributed by atoms with Crippen LogP contribution in [0.15, 0.2) is 72.4 Å². The summed E-state index contributed by atoms with van der Waals surface area (Å²) in [6.07, 6.45) is 3.12. The Morgan fingerprint density at radius 3 is 2.23 bits per heavy atom. The maximum absolute atomic E-state index is 13.0. The predicted octanol–water partition coefficient (Wildman–Crippen LogP) is 3.15. The summed E-state index contributed by atoms with van der Waals surface area (Å²) in [7, 11) is 0. The summed E-state index contributed by atoms with van der Waals surface area (Å²) in [4.78, 5) is 49.7. The lowest BCUT2D eigenvalue weighted by atomic mass is 10.1. The van der Waals surface area contributed by atoms with E-state index < -0.39 is 23.8 Å². The summed E-state index contributed by atoms with van der Waals surface area (Å²) in [6, 6.07) is 15.6. The fraction of sp³-hybridized carbons (Fsp3) is 0.0435. The van der Waals surface area contributed by atoms with E-state index in [-0.39, 0.29) is 11.1 Å². The first-order valence-corrected chi connectivity index (χ1v) is 9.34. The van der Waals surface area contributed by atoms with Gasteiger partial charge >= 0.3 is 12.0 Å². The van der Waals surface area contributed by atoms with E-state index in [0.717, 1.165) is 10.5 Å². The van der Waals surface area contributed by atoms with E-state index in [1.54, 1.807) is 59.3 Å². The third kappa shape index (κ3) is 3.74. The number of anilines is 1. The van der Waals surface area contributed by atoms with Gasteiger partial charge in [-0.2, -0.15) is 0 Å². The first-order chi connectivity index (χ1) is 14.8. The van der Waals surface area contributed by atoms with Gasteiger partial charge in [0, 0.05) is 17.6 Å². The zero-order valence-corrected chi connectivity index (χ0v) is 16.4. The topological polar surface area (TPSA) is 109 Å². The molecule has 0 radical (unpaired) electrons. The molecule has 0 spiro atoms. The largest absolute Gasteiger partial charge is 0.478 e. The van der Waals surface area contributed by atoms with Crippen molar-refractivity contribution in [1.29, 1.82) is 0 Å². The molecule has 1 fully saturated rings. The molecule has 1 aliphatic heterocycles. The molecule has 0 unspecified atom stereocenters. The van der Waals surface area contributed by atoms with Crippen molar-refractivity contribution in [2.45, 2.75) is 6.92 Å². The highest BCUT2D eigenvalue weighted by atomic mass is 16.4. The van der Waals surface area contributed by atoms with Crippen molar-refractivity contribution < 1.29 is 24.3 Å². The Morgan fingerprint density at radius 2 is 1.58 bits per heavy atom. The molecular formula is C23H17N3O5. The van der Waals surface area contributed by atoms with Crippen LogP contribution in [-0.4, -0.2) is 33.5 Å². The molecule has 2 heterocycles. The zero-order chi connectivity index (χ0) is 22.1. The molecule has 0 aliphatic carbocycles. The van der Waals surface area contributed by atoms with Gasteiger partial charge in [-0.1, -0.05) is 17.7 Å². The number of aromatic nitrogens is 1. The molecule has 0 saturated carbocycles. The minimum absolute atomic E-state index is 0.143. The Morgan fingerprint density at radius 1 is 0.935 bits per heavy atom. The molecule has 4 amide bonds. The van der Waals surface area contributed by atoms with Crippen molar-refractivity contribution in [3.05, 3.63) is 89.3 Å². The Bertz CT molecular complexity index is 1240.